The number of urea groups is 1. The molecule has 2 heterocycles. The molecule has 1 aromatic carbocycles. The maximum atomic E-state index is 12.9. The summed E-state index contributed by atoms with van der Waals surface area (Å²) in [5, 5.41) is 3.04. The lowest BCUT2D eigenvalue weighted by Gasteiger charge is -2.30. The average Bonchev–Trinajstić information content (AvgIpc) is 2.94. The van der Waals surface area contributed by atoms with Gasteiger partial charge in [-0.2, -0.15) is 0 Å². The zero-order valence-corrected chi connectivity index (χ0v) is 16.5. The number of nitrogens with one attached hydrogen (secondary N) is 1. The predicted molar refractivity (Wildman–Crippen MR) is 107 cm³/mol. The molecule has 1 atom stereocenters. The van der Waals surface area contributed by atoms with Crippen molar-refractivity contribution < 1.29 is 14.3 Å². The van der Waals surface area contributed by atoms with Crippen LogP contribution in [0.4, 0.5) is 16.2 Å². The molecule has 1 aromatic rings. The molecular formula is C21H31N3O3. The first-order valence-electron chi connectivity index (χ1n) is 10.2. The van der Waals surface area contributed by atoms with Crippen molar-refractivity contribution >= 4 is 23.3 Å². The normalized spacial score (nSPS) is 21.0. The standard InChI is InChI=1S/C21H31N3O3/c1-3-17-9-5-4-7-13-23(17)21(26)22-16-11-12-19(27-2)18(15-16)24-14-8-6-10-20(24)25/h11-12,15,17H,3-10,13-14H2,1-2H3,(H,22,26)/t17-/m0/s1. The van der Waals surface area contributed by atoms with Gasteiger partial charge in [-0.1, -0.05) is 19.8 Å². The third-order valence-corrected chi connectivity index (χ3v) is 5.65. The van der Waals surface area contributed by atoms with Crippen LogP contribution < -0.4 is 15.0 Å². The first-order chi connectivity index (χ1) is 13.1. The number of ether oxygens (including phenoxy) is 1. The van der Waals surface area contributed by atoms with Crippen molar-refractivity contribution in [1.82, 2.24) is 4.90 Å². The lowest BCUT2D eigenvalue weighted by molar-refractivity contribution is -0.119. The van der Waals surface area contributed by atoms with Crippen molar-refractivity contribution in [3.63, 3.8) is 0 Å². The van der Waals surface area contributed by atoms with Crippen LogP contribution in [0.1, 0.15) is 58.3 Å². The van der Waals surface area contributed by atoms with Gasteiger partial charge in [-0.3, -0.25) is 4.79 Å². The minimum absolute atomic E-state index is 0.0511. The van der Waals surface area contributed by atoms with E-state index in [4.69, 9.17) is 4.74 Å². The van der Waals surface area contributed by atoms with E-state index in [1.54, 1.807) is 12.0 Å². The van der Waals surface area contributed by atoms with E-state index in [0.29, 0.717) is 30.4 Å². The van der Waals surface area contributed by atoms with Gasteiger partial charge < -0.3 is 19.9 Å². The summed E-state index contributed by atoms with van der Waals surface area (Å²) in [6.07, 6.45) is 7.95. The molecule has 0 unspecified atom stereocenters. The molecule has 0 aliphatic carbocycles. The Morgan fingerprint density at radius 1 is 1.19 bits per heavy atom. The third kappa shape index (κ3) is 4.54. The van der Waals surface area contributed by atoms with Crippen LogP contribution in [0.25, 0.3) is 0 Å². The molecule has 27 heavy (non-hydrogen) atoms. The molecule has 2 fully saturated rings. The number of rotatable bonds is 4. The van der Waals surface area contributed by atoms with E-state index in [-0.39, 0.29) is 11.9 Å². The Bertz CT molecular complexity index is 677. The predicted octanol–water partition coefficient (Wildman–Crippen LogP) is 4.40. The zero-order chi connectivity index (χ0) is 19.2. The van der Waals surface area contributed by atoms with Gasteiger partial charge in [0.05, 0.1) is 12.8 Å². The van der Waals surface area contributed by atoms with Crippen molar-refractivity contribution in [3.05, 3.63) is 18.2 Å². The molecule has 0 bridgehead atoms. The smallest absolute Gasteiger partial charge is 0.322 e. The molecule has 2 aliphatic heterocycles. The van der Waals surface area contributed by atoms with Crippen LogP contribution in [-0.4, -0.2) is 43.1 Å². The number of nitrogens with zero attached hydrogens (tertiary/aromatic N) is 2. The summed E-state index contributed by atoms with van der Waals surface area (Å²) < 4.78 is 5.46. The van der Waals surface area contributed by atoms with Crippen LogP contribution in [0.2, 0.25) is 0 Å². The minimum Gasteiger partial charge on any atom is -0.495 e. The van der Waals surface area contributed by atoms with E-state index >= 15 is 0 Å². The topological polar surface area (TPSA) is 61.9 Å². The highest BCUT2D eigenvalue weighted by Gasteiger charge is 2.26. The van der Waals surface area contributed by atoms with Gasteiger partial charge in [0, 0.05) is 31.2 Å². The highest BCUT2D eigenvalue weighted by molar-refractivity contribution is 5.97. The van der Waals surface area contributed by atoms with Crippen molar-refractivity contribution in [2.24, 2.45) is 0 Å². The lowest BCUT2D eigenvalue weighted by atomic mass is 10.1. The Labute approximate surface area is 161 Å². The molecular weight excluding hydrogens is 342 g/mol. The molecule has 0 saturated carbocycles. The molecule has 2 aliphatic rings. The average molecular weight is 373 g/mol. The Morgan fingerprint density at radius 2 is 2.00 bits per heavy atom. The minimum atomic E-state index is -0.0511. The van der Waals surface area contributed by atoms with Gasteiger partial charge in [0.25, 0.3) is 0 Å². The summed E-state index contributed by atoms with van der Waals surface area (Å²) >= 11 is 0. The van der Waals surface area contributed by atoms with E-state index in [0.717, 1.165) is 44.3 Å². The van der Waals surface area contributed by atoms with Crippen molar-refractivity contribution in [2.45, 2.75) is 64.3 Å². The zero-order valence-electron chi connectivity index (χ0n) is 16.5. The maximum Gasteiger partial charge on any atom is 0.322 e. The molecule has 0 aromatic heterocycles. The van der Waals surface area contributed by atoms with Crippen molar-refractivity contribution in [1.29, 1.82) is 0 Å². The fourth-order valence-electron chi connectivity index (χ4n) is 4.10. The van der Waals surface area contributed by atoms with E-state index < -0.39 is 0 Å². The molecule has 0 radical (unpaired) electrons. The number of benzene rings is 1. The van der Waals surface area contributed by atoms with E-state index in [1.807, 2.05) is 23.1 Å². The fraction of sp³-hybridized carbons (Fsp3) is 0.619. The van der Waals surface area contributed by atoms with Gasteiger partial charge in [0.2, 0.25) is 5.91 Å². The molecule has 6 nitrogen and oxygen atoms in total. The van der Waals surface area contributed by atoms with E-state index in [1.165, 1.54) is 12.8 Å². The first kappa shape index (κ1) is 19.5. The lowest BCUT2D eigenvalue weighted by Crippen LogP contribution is -2.42. The number of carbonyl (C=O) groups excluding carboxylic acids is 2. The SMILES string of the molecule is CC[C@H]1CCCCCN1C(=O)Nc1ccc(OC)c(N2CCCCC2=O)c1. The summed E-state index contributed by atoms with van der Waals surface area (Å²) in [5.41, 5.74) is 1.44. The Morgan fingerprint density at radius 3 is 2.74 bits per heavy atom. The third-order valence-electron chi connectivity index (χ3n) is 5.65. The molecule has 148 valence electrons. The van der Waals surface area contributed by atoms with Gasteiger partial charge in [-0.05, 0) is 50.3 Å². The summed E-state index contributed by atoms with van der Waals surface area (Å²) in [4.78, 5) is 29.0. The van der Waals surface area contributed by atoms with Crippen LogP contribution >= 0.6 is 0 Å². The monoisotopic (exact) mass is 373 g/mol. The molecule has 3 amide bonds. The number of hydrogen-bond acceptors (Lipinski definition) is 3. The number of carbonyl (C=O) groups is 2. The summed E-state index contributed by atoms with van der Waals surface area (Å²) in [5.74, 6) is 0.769. The molecule has 6 heteroatoms. The molecule has 3 rings (SSSR count). The number of hydrogen-bond donors (Lipinski definition) is 1. The van der Waals surface area contributed by atoms with Crippen LogP contribution in [0.15, 0.2) is 18.2 Å². The van der Waals surface area contributed by atoms with Gasteiger partial charge in [-0.25, -0.2) is 4.79 Å². The Hall–Kier alpha value is -2.24. The number of anilines is 2. The quantitative estimate of drug-likeness (QED) is 0.851. The summed E-state index contributed by atoms with van der Waals surface area (Å²) in [6.45, 7) is 3.64. The highest BCUT2D eigenvalue weighted by atomic mass is 16.5. The maximum absolute atomic E-state index is 12.9. The highest BCUT2D eigenvalue weighted by Crippen LogP contribution is 2.34. The fourth-order valence-corrected chi connectivity index (χ4v) is 4.10. The number of piperidine rings is 1. The second-order valence-corrected chi connectivity index (χ2v) is 7.42. The first-order valence-corrected chi connectivity index (χ1v) is 10.2. The Kier molecular flexibility index (Phi) is 6.58. The van der Waals surface area contributed by atoms with Crippen LogP contribution in [0, 0.1) is 0 Å². The van der Waals surface area contributed by atoms with Gasteiger partial charge in [-0.15, -0.1) is 0 Å². The van der Waals surface area contributed by atoms with E-state index in [2.05, 4.69) is 12.2 Å². The van der Waals surface area contributed by atoms with Gasteiger partial charge >= 0.3 is 6.03 Å². The van der Waals surface area contributed by atoms with Crippen LogP contribution in [0.3, 0.4) is 0 Å². The molecule has 1 N–H and O–H groups in total. The second kappa shape index (κ2) is 9.11. The summed E-state index contributed by atoms with van der Waals surface area (Å²) in [7, 11) is 1.61. The largest absolute Gasteiger partial charge is 0.495 e. The molecule has 2 saturated heterocycles. The van der Waals surface area contributed by atoms with E-state index in [9.17, 15) is 9.59 Å². The van der Waals surface area contributed by atoms with Gasteiger partial charge in [0.15, 0.2) is 0 Å². The Balaban J connectivity index is 1.79. The summed E-state index contributed by atoms with van der Waals surface area (Å²) in [6, 6.07) is 5.78. The van der Waals surface area contributed by atoms with Gasteiger partial charge in [0.1, 0.15) is 5.75 Å². The van der Waals surface area contributed by atoms with Crippen molar-refractivity contribution in [2.75, 3.05) is 30.4 Å². The second-order valence-electron chi connectivity index (χ2n) is 7.42. The van der Waals surface area contributed by atoms with Crippen LogP contribution in [0.5, 0.6) is 5.75 Å². The number of amides is 3. The van der Waals surface area contributed by atoms with Crippen molar-refractivity contribution in [3.8, 4) is 5.75 Å². The van der Waals surface area contributed by atoms with Crippen LogP contribution in [-0.2, 0) is 4.79 Å². The number of likely N-dealkylation sites (tertiary alicyclic amines) is 1. The molecule has 0 spiro atoms. The number of methoxy groups -OCH3 is 1.